The number of rotatable bonds is 9. The van der Waals surface area contributed by atoms with Gasteiger partial charge in [0.05, 0.1) is 18.1 Å². The Morgan fingerprint density at radius 2 is 1.95 bits per heavy atom. The molecule has 0 aliphatic carbocycles. The highest BCUT2D eigenvalue weighted by Crippen LogP contribution is 2.25. The van der Waals surface area contributed by atoms with E-state index in [0.29, 0.717) is 31.0 Å². The molecule has 0 spiro atoms. The Morgan fingerprint density at radius 1 is 1.24 bits per heavy atom. The molecule has 0 fully saturated rings. The van der Waals surface area contributed by atoms with Crippen LogP contribution in [-0.2, 0) is 16.6 Å². The molecule has 1 rings (SSSR count). The van der Waals surface area contributed by atoms with Crippen LogP contribution in [0.5, 0.6) is 5.75 Å². The lowest BCUT2D eigenvalue weighted by Crippen LogP contribution is -2.31. The Kier molecular flexibility index (Phi) is 7.14. The van der Waals surface area contributed by atoms with Crippen molar-refractivity contribution in [2.75, 3.05) is 19.7 Å². The number of sulfonamides is 1. The van der Waals surface area contributed by atoms with Crippen molar-refractivity contribution in [1.82, 2.24) is 4.31 Å². The number of nitrogens with zero attached hydrogens (tertiary/aromatic N) is 1. The Labute approximate surface area is 127 Å². The molecule has 5 nitrogen and oxygen atoms in total. The summed E-state index contributed by atoms with van der Waals surface area (Å²) in [5.41, 5.74) is 0.490. The second kappa shape index (κ2) is 8.36. The van der Waals surface area contributed by atoms with Crippen LogP contribution in [0.3, 0.4) is 0 Å². The number of aliphatic hydroxyl groups is 1. The first kappa shape index (κ1) is 17.9. The zero-order chi connectivity index (χ0) is 15.9. The lowest BCUT2D eigenvalue weighted by atomic mass is 10.2. The van der Waals surface area contributed by atoms with E-state index in [1.54, 1.807) is 6.07 Å². The fourth-order valence-corrected chi connectivity index (χ4v) is 3.61. The standard InChI is InChI=1S/C15H25NO4S/c1-4-7-10-16(5-2)21(18,19)14-8-9-15(20-6-3)13(11-14)12-17/h8-9,11,17H,4-7,10,12H2,1-3H3. The van der Waals surface area contributed by atoms with Crippen molar-refractivity contribution in [3.63, 3.8) is 0 Å². The van der Waals surface area contributed by atoms with E-state index in [1.165, 1.54) is 16.4 Å². The zero-order valence-corrected chi connectivity index (χ0v) is 13.8. The highest BCUT2D eigenvalue weighted by molar-refractivity contribution is 7.89. The molecular formula is C15H25NO4S. The summed E-state index contributed by atoms with van der Waals surface area (Å²) in [7, 11) is -3.52. The first-order valence-electron chi connectivity index (χ1n) is 7.37. The van der Waals surface area contributed by atoms with Gasteiger partial charge in [-0.05, 0) is 31.5 Å². The van der Waals surface area contributed by atoms with Crippen LogP contribution in [0.1, 0.15) is 39.2 Å². The van der Waals surface area contributed by atoms with Crippen molar-refractivity contribution in [3.05, 3.63) is 23.8 Å². The highest BCUT2D eigenvalue weighted by Gasteiger charge is 2.23. The Bertz CT molecular complexity index is 543. The molecule has 1 N–H and O–H groups in total. The van der Waals surface area contributed by atoms with Crippen LogP contribution < -0.4 is 4.74 Å². The zero-order valence-electron chi connectivity index (χ0n) is 13.0. The third kappa shape index (κ3) is 4.43. The van der Waals surface area contributed by atoms with Crippen LogP contribution in [0.4, 0.5) is 0 Å². The fourth-order valence-electron chi connectivity index (χ4n) is 2.07. The molecular weight excluding hydrogens is 290 g/mol. The average Bonchev–Trinajstić information content (AvgIpc) is 2.48. The molecule has 0 amide bonds. The van der Waals surface area contributed by atoms with E-state index < -0.39 is 10.0 Å². The Hall–Kier alpha value is -1.11. The third-order valence-electron chi connectivity index (χ3n) is 3.25. The normalized spacial score (nSPS) is 11.9. The summed E-state index contributed by atoms with van der Waals surface area (Å²) < 4.78 is 32.1. The van der Waals surface area contributed by atoms with Gasteiger partial charge in [-0.1, -0.05) is 20.3 Å². The molecule has 0 aromatic heterocycles. The summed E-state index contributed by atoms with van der Waals surface area (Å²) in [5, 5.41) is 9.38. The van der Waals surface area contributed by atoms with E-state index in [4.69, 9.17) is 4.74 Å². The average molecular weight is 315 g/mol. The lowest BCUT2D eigenvalue weighted by molar-refractivity contribution is 0.266. The molecule has 6 heteroatoms. The summed E-state index contributed by atoms with van der Waals surface area (Å²) in [6.45, 7) is 6.86. The van der Waals surface area contributed by atoms with Gasteiger partial charge in [0.1, 0.15) is 5.75 Å². The van der Waals surface area contributed by atoms with Crippen LogP contribution in [0, 0.1) is 0 Å². The molecule has 0 aliphatic heterocycles. The quantitative estimate of drug-likeness (QED) is 0.760. The largest absolute Gasteiger partial charge is 0.494 e. The van der Waals surface area contributed by atoms with E-state index in [1.807, 2.05) is 20.8 Å². The molecule has 0 saturated carbocycles. The second-order valence-corrected chi connectivity index (χ2v) is 6.65. The topological polar surface area (TPSA) is 66.8 Å². The predicted octanol–water partition coefficient (Wildman–Crippen LogP) is 2.39. The summed E-state index contributed by atoms with van der Waals surface area (Å²) in [4.78, 5) is 0.202. The molecule has 21 heavy (non-hydrogen) atoms. The lowest BCUT2D eigenvalue weighted by Gasteiger charge is -2.21. The SMILES string of the molecule is CCCCN(CC)S(=O)(=O)c1ccc(OCC)c(CO)c1. The van der Waals surface area contributed by atoms with Crippen molar-refractivity contribution in [2.24, 2.45) is 0 Å². The van der Waals surface area contributed by atoms with Gasteiger partial charge >= 0.3 is 0 Å². The summed E-state index contributed by atoms with van der Waals surface area (Å²) in [6, 6.07) is 4.64. The number of benzene rings is 1. The molecule has 0 aliphatic rings. The minimum atomic E-state index is -3.52. The van der Waals surface area contributed by atoms with Gasteiger partial charge in [0.2, 0.25) is 10.0 Å². The fraction of sp³-hybridized carbons (Fsp3) is 0.600. The maximum atomic E-state index is 12.6. The Balaban J connectivity index is 3.12. The first-order chi connectivity index (χ1) is 10.0. The van der Waals surface area contributed by atoms with Crippen LogP contribution in [0.15, 0.2) is 23.1 Å². The monoisotopic (exact) mass is 315 g/mol. The van der Waals surface area contributed by atoms with E-state index >= 15 is 0 Å². The minimum absolute atomic E-state index is 0.202. The molecule has 0 bridgehead atoms. The van der Waals surface area contributed by atoms with E-state index in [0.717, 1.165) is 12.8 Å². The number of ether oxygens (including phenoxy) is 1. The maximum absolute atomic E-state index is 12.6. The molecule has 120 valence electrons. The second-order valence-electron chi connectivity index (χ2n) is 4.71. The van der Waals surface area contributed by atoms with Gasteiger partial charge in [0, 0.05) is 18.7 Å². The van der Waals surface area contributed by atoms with Crippen molar-refractivity contribution >= 4 is 10.0 Å². The van der Waals surface area contributed by atoms with E-state index in [2.05, 4.69) is 0 Å². The van der Waals surface area contributed by atoms with Gasteiger partial charge in [-0.25, -0.2) is 8.42 Å². The van der Waals surface area contributed by atoms with Crippen LogP contribution >= 0.6 is 0 Å². The number of unbranched alkanes of at least 4 members (excludes halogenated alkanes) is 1. The molecule has 1 aromatic rings. The summed E-state index contributed by atoms with van der Waals surface area (Å²) in [6.07, 6.45) is 1.77. The van der Waals surface area contributed by atoms with Crippen LogP contribution in [0.2, 0.25) is 0 Å². The van der Waals surface area contributed by atoms with Crippen molar-refractivity contribution < 1.29 is 18.3 Å². The van der Waals surface area contributed by atoms with Gasteiger partial charge in [-0.15, -0.1) is 0 Å². The maximum Gasteiger partial charge on any atom is 0.243 e. The minimum Gasteiger partial charge on any atom is -0.494 e. The smallest absolute Gasteiger partial charge is 0.243 e. The summed E-state index contributed by atoms with van der Waals surface area (Å²) in [5.74, 6) is 0.524. The molecule has 0 atom stereocenters. The van der Waals surface area contributed by atoms with E-state index in [-0.39, 0.29) is 11.5 Å². The molecule has 0 heterocycles. The van der Waals surface area contributed by atoms with Gasteiger partial charge in [0.25, 0.3) is 0 Å². The third-order valence-corrected chi connectivity index (χ3v) is 5.22. The van der Waals surface area contributed by atoms with Crippen molar-refractivity contribution in [3.8, 4) is 5.75 Å². The van der Waals surface area contributed by atoms with Crippen LogP contribution in [0.25, 0.3) is 0 Å². The molecule has 0 unspecified atom stereocenters. The highest BCUT2D eigenvalue weighted by atomic mass is 32.2. The molecule has 0 saturated heterocycles. The van der Waals surface area contributed by atoms with Gasteiger partial charge < -0.3 is 9.84 Å². The number of aliphatic hydroxyl groups excluding tert-OH is 1. The van der Waals surface area contributed by atoms with Gasteiger partial charge in [-0.2, -0.15) is 4.31 Å². The van der Waals surface area contributed by atoms with E-state index in [9.17, 15) is 13.5 Å². The number of hydrogen-bond donors (Lipinski definition) is 1. The summed E-state index contributed by atoms with van der Waals surface area (Å²) >= 11 is 0. The van der Waals surface area contributed by atoms with Gasteiger partial charge in [0.15, 0.2) is 0 Å². The number of hydrogen-bond acceptors (Lipinski definition) is 4. The molecule has 0 radical (unpaired) electrons. The van der Waals surface area contributed by atoms with Crippen LogP contribution in [-0.4, -0.2) is 37.5 Å². The van der Waals surface area contributed by atoms with Gasteiger partial charge in [-0.3, -0.25) is 0 Å². The van der Waals surface area contributed by atoms with Crippen molar-refractivity contribution in [2.45, 2.75) is 45.1 Å². The Morgan fingerprint density at radius 3 is 2.48 bits per heavy atom. The predicted molar refractivity (Wildman–Crippen MR) is 82.9 cm³/mol. The molecule has 1 aromatic carbocycles. The van der Waals surface area contributed by atoms with Crippen molar-refractivity contribution in [1.29, 1.82) is 0 Å². The first-order valence-corrected chi connectivity index (χ1v) is 8.81.